The molecule has 1 atom stereocenters. The number of amides is 1. The van der Waals surface area contributed by atoms with Gasteiger partial charge in [0.15, 0.2) is 5.13 Å². The molecule has 3 heterocycles. The van der Waals surface area contributed by atoms with Crippen LogP contribution >= 0.6 is 22.7 Å². The van der Waals surface area contributed by atoms with Crippen LogP contribution in [0.3, 0.4) is 0 Å². The zero-order valence-electron chi connectivity index (χ0n) is 13.5. The molecule has 0 aliphatic heterocycles. The van der Waals surface area contributed by atoms with E-state index in [2.05, 4.69) is 10.3 Å². The standard InChI is InChI=1S/C17H18N4OS2/c1-8-7-23-17(19-8)21-15(22)13-6-11-14-10(4-3-5-12(14)18)9(2)20-16(11)24-13/h6-7,12H,3-5,18H2,1-2H3,(H,19,21,22). The third-order valence-corrected chi connectivity index (χ3v) is 6.31. The van der Waals surface area contributed by atoms with Gasteiger partial charge in [0.25, 0.3) is 5.91 Å². The summed E-state index contributed by atoms with van der Waals surface area (Å²) in [7, 11) is 0. The zero-order chi connectivity index (χ0) is 16.8. The molecule has 0 saturated heterocycles. The number of hydrogen-bond acceptors (Lipinski definition) is 6. The molecular weight excluding hydrogens is 340 g/mol. The number of carbonyl (C=O) groups excluding carboxylic acids is 1. The third kappa shape index (κ3) is 2.62. The van der Waals surface area contributed by atoms with E-state index >= 15 is 0 Å². The molecule has 3 N–H and O–H groups in total. The molecule has 7 heteroatoms. The molecule has 0 aromatic carbocycles. The summed E-state index contributed by atoms with van der Waals surface area (Å²) in [5, 5.41) is 6.44. The molecule has 0 bridgehead atoms. The Hall–Kier alpha value is -1.83. The number of aromatic nitrogens is 2. The molecule has 1 aliphatic rings. The molecule has 0 radical (unpaired) electrons. The second-order valence-electron chi connectivity index (χ2n) is 6.17. The van der Waals surface area contributed by atoms with Gasteiger partial charge in [-0.1, -0.05) is 0 Å². The van der Waals surface area contributed by atoms with Gasteiger partial charge in [0.2, 0.25) is 0 Å². The van der Waals surface area contributed by atoms with Crippen molar-refractivity contribution < 1.29 is 4.79 Å². The quantitative estimate of drug-likeness (QED) is 0.726. The number of nitrogens with zero attached hydrogens (tertiary/aromatic N) is 2. The lowest BCUT2D eigenvalue weighted by Gasteiger charge is -2.24. The number of anilines is 1. The number of fused-ring (bicyclic) bond motifs is 3. The highest BCUT2D eigenvalue weighted by atomic mass is 32.1. The van der Waals surface area contributed by atoms with E-state index in [-0.39, 0.29) is 11.9 Å². The number of rotatable bonds is 2. The molecule has 0 fully saturated rings. The van der Waals surface area contributed by atoms with Crippen LogP contribution in [0.15, 0.2) is 11.4 Å². The highest BCUT2D eigenvalue weighted by Crippen LogP contribution is 2.38. The lowest BCUT2D eigenvalue weighted by molar-refractivity contribution is 0.103. The number of aryl methyl sites for hydroxylation is 2. The fraction of sp³-hybridized carbons (Fsp3) is 0.353. The van der Waals surface area contributed by atoms with E-state index in [4.69, 9.17) is 10.7 Å². The van der Waals surface area contributed by atoms with Crippen molar-refractivity contribution >= 4 is 43.9 Å². The number of thiazole rings is 1. The Morgan fingerprint density at radius 3 is 2.96 bits per heavy atom. The van der Waals surface area contributed by atoms with Gasteiger partial charge in [-0.05, 0) is 50.3 Å². The molecule has 3 aromatic rings. The van der Waals surface area contributed by atoms with Gasteiger partial charge in [-0.2, -0.15) is 0 Å². The van der Waals surface area contributed by atoms with Gasteiger partial charge in [0.1, 0.15) is 4.83 Å². The van der Waals surface area contributed by atoms with Crippen LogP contribution < -0.4 is 11.1 Å². The Labute approximate surface area is 147 Å². The van der Waals surface area contributed by atoms with E-state index in [9.17, 15) is 4.79 Å². The minimum absolute atomic E-state index is 0.0325. The van der Waals surface area contributed by atoms with Crippen LogP contribution in [0.4, 0.5) is 5.13 Å². The second-order valence-corrected chi connectivity index (χ2v) is 8.05. The summed E-state index contributed by atoms with van der Waals surface area (Å²) >= 11 is 2.85. The lowest BCUT2D eigenvalue weighted by atomic mass is 9.86. The van der Waals surface area contributed by atoms with Crippen LogP contribution in [0.25, 0.3) is 10.2 Å². The average molecular weight is 358 g/mol. The Morgan fingerprint density at radius 1 is 1.38 bits per heavy atom. The first-order valence-electron chi connectivity index (χ1n) is 7.95. The number of carbonyl (C=O) groups is 1. The van der Waals surface area contributed by atoms with Gasteiger partial charge < -0.3 is 5.73 Å². The van der Waals surface area contributed by atoms with E-state index in [0.717, 1.165) is 40.9 Å². The fourth-order valence-corrected chi connectivity index (χ4v) is 4.97. The normalized spacial score (nSPS) is 17.0. The molecule has 0 spiro atoms. The SMILES string of the molecule is Cc1csc(NC(=O)c2cc3c4c(c(C)nc3s2)CCCC4N)n1. The zero-order valence-corrected chi connectivity index (χ0v) is 15.2. The first kappa shape index (κ1) is 15.7. The molecule has 1 amide bonds. The monoisotopic (exact) mass is 358 g/mol. The predicted octanol–water partition coefficient (Wildman–Crippen LogP) is 3.96. The van der Waals surface area contributed by atoms with Gasteiger partial charge in [0, 0.05) is 22.5 Å². The molecule has 1 unspecified atom stereocenters. The molecule has 0 saturated carbocycles. The number of pyridine rings is 1. The van der Waals surface area contributed by atoms with Crippen molar-refractivity contribution in [2.45, 2.75) is 39.2 Å². The van der Waals surface area contributed by atoms with Crippen LogP contribution in [0.5, 0.6) is 0 Å². The van der Waals surface area contributed by atoms with Crippen molar-refractivity contribution in [1.29, 1.82) is 0 Å². The minimum atomic E-state index is -0.136. The molecule has 1 aliphatic carbocycles. The van der Waals surface area contributed by atoms with Crippen molar-refractivity contribution in [3.63, 3.8) is 0 Å². The molecular formula is C17H18N4OS2. The van der Waals surface area contributed by atoms with Crippen LogP contribution in [0, 0.1) is 13.8 Å². The van der Waals surface area contributed by atoms with Crippen LogP contribution in [0.1, 0.15) is 51.1 Å². The smallest absolute Gasteiger partial charge is 0.267 e. The second kappa shape index (κ2) is 5.91. The fourth-order valence-electron chi connectivity index (χ4n) is 3.30. The Kier molecular flexibility index (Phi) is 3.86. The summed E-state index contributed by atoms with van der Waals surface area (Å²) in [6.45, 7) is 3.94. The van der Waals surface area contributed by atoms with Crippen LogP contribution in [-0.2, 0) is 6.42 Å². The Morgan fingerprint density at radius 2 is 2.21 bits per heavy atom. The van der Waals surface area contributed by atoms with Gasteiger partial charge in [0.05, 0.1) is 10.6 Å². The number of nitrogens with two attached hydrogens (primary N) is 1. The molecule has 4 rings (SSSR count). The highest BCUT2D eigenvalue weighted by Gasteiger charge is 2.24. The molecule has 124 valence electrons. The number of thiophene rings is 1. The summed E-state index contributed by atoms with van der Waals surface area (Å²) in [6, 6.07) is 1.97. The third-order valence-electron chi connectivity index (χ3n) is 4.41. The van der Waals surface area contributed by atoms with Gasteiger partial charge in [-0.25, -0.2) is 9.97 Å². The van der Waals surface area contributed by atoms with Crippen LogP contribution in [-0.4, -0.2) is 15.9 Å². The maximum Gasteiger partial charge on any atom is 0.267 e. The van der Waals surface area contributed by atoms with Gasteiger partial charge in [-0.3, -0.25) is 10.1 Å². The first-order chi connectivity index (χ1) is 11.5. The summed E-state index contributed by atoms with van der Waals surface area (Å²) < 4.78 is 0. The van der Waals surface area contributed by atoms with Crippen molar-refractivity contribution in [2.75, 3.05) is 5.32 Å². The topological polar surface area (TPSA) is 80.9 Å². The largest absolute Gasteiger partial charge is 0.324 e. The van der Waals surface area contributed by atoms with Crippen molar-refractivity contribution in [2.24, 2.45) is 5.73 Å². The minimum Gasteiger partial charge on any atom is -0.324 e. The van der Waals surface area contributed by atoms with Crippen molar-refractivity contribution in [3.05, 3.63) is 38.8 Å². The number of nitrogens with one attached hydrogen (secondary N) is 1. The summed E-state index contributed by atoms with van der Waals surface area (Å²) in [6.07, 6.45) is 3.11. The number of hydrogen-bond donors (Lipinski definition) is 2. The Balaban J connectivity index is 1.75. The first-order valence-corrected chi connectivity index (χ1v) is 9.64. The van der Waals surface area contributed by atoms with E-state index in [0.29, 0.717) is 10.0 Å². The van der Waals surface area contributed by atoms with E-state index in [1.807, 2.05) is 25.3 Å². The molecule has 5 nitrogen and oxygen atoms in total. The maximum absolute atomic E-state index is 12.5. The predicted molar refractivity (Wildman–Crippen MR) is 99.0 cm³/mol. The Bertz CT molecular complexity index is 944. The summed E-state index contributed by atoms with van der Waals surface area (Å²) in [5.41, 5.74) is 10.8. The maximum atomic E-state index is 12.5. The van der Waals surface area contributed by atoms with Crippen LogP contribution in [0.2, 0.25) is 0 Å². The van der Waals surface area contributed by atoms with Crippen molar-refractivity contribution in [1.82, 2.24) is 9.97 Å². The van der Waals surface area contributed by atoms with Gasteiger partial charge >= 0.3 is 0 Å². The lowest BCUT2D eigenvalue weighted by Crippen LogP contribution is -2.19. The van der Waals surface area contributed by atoms with E-state index in [1.165, 1.54) is 33.8 Å². The summed E-state index contributed by atoms with van der Waals surface area (Å²) in [4.78, 5) is 23.1. The van der Waals surface area contributed by atoms with Gasteiger partial charge in [-0.15, -0.1) is 22.7 Å². The van der Waals surface area contributed by atoms with E-state index < -0.39 is 0 Å². The molecule has 3 aromatic heterocycles. The summed E-state index contributed by atoms with van der Waals surface area (Å²) in [5.74, 6) is -0.136. The van der Waals surface area contributed by atoms with E-state index in [1.54, 1.807) is 0 Å². The molecule has 24 heavy (non-hydrogen) atoms. The average Bonchev–Trinajstić information content (AvgIpc) is 3.14. The highest BCUT2D eigenvalue weighted by molar-refractivity contribution is 7.20. The van der Waals surface area contributed by atoms with Crippen molar-refractivity contribution in [3.8, 4) is 0 Å².